The first-order valence-corrected chi connectivity index (χ1v) is 11.5. The van der Waals surface area contributed by atoms with Gasteiger partial charge in [-0.2, -0.15) is 0 Å². The summed E-state index contributed by atoms with van der Waals surface area (Å²) in [7, 11) is 0. The Labute approximate surface area is 159 Å². The van der Waals surface area contributed by atoms with E-state index in [0.717, 1.165) is 52.8 Å². The second-order valence-electron chi connectivity index (χ2n) is 11.4. The van der Waals surface area contributed by atoms with Gasteiger partial charge < -0.3 is 0 Å². The van der Waals surface area contributed by atoms with E-state index in [2.05, 4.69) is 69.2 Å². The Morgan fingerprint density at radius 3 is 1.92 bits per heavy atom. The highest BCUT2D eigenvalue weighted by Gasteiger charge is 2.80. The van der Waals surface area contributed by atoms with Crippen LogP contribution in [-0.2, 0) is 0 Å². The van der Waals surface area contributed by atoms with Crippen molar-refractivity contribution in [3.8, 4) is 0 Å². The van der Waals surface area contributed by atoms with Crippen LogP contribution >= 0.6 is 0 Å². The van der Waals surface area contributed by atoms with E-state index in [0.29, 0.717) is 5.41 Å². The summed E-state index contributed by atoms with van der Waals surface area (Å²) < 4.78 is 0. The predicted octanol–water partition coefficient (Wildman–Crippen LogP) is 8.07. The molecule has 0 aliphatic heterocycles. The summed E-state index contributed by atoms with van der Waals surface area (Å²) in [5.41, 5.74) is 1.31. The fourth-order valence-corrected chi connectivity index (χ4v) is 6.22. The molecule has 0 aromatic carbocycles. The molecule has 0 nitrogen and oxygen atoms in total. The molecule has 8 atom stereocenters. The third kappa shape index (κ3) is 3.98. The van der Waals surface area contributed by atoms with Crippen molar-refractivity contribution in [2.24, 2.45) is 58.2 Å². The van der Waals surface area contributed by atoms with Crippen molar-refractivity contribution in [2.45, 2.75) is 101 Å². The first-order valence-electron chi connectivity index (χ1n) is 11.5. The lowest BCUT2D eigenvalue weighted by Gasteiger charge is -2.39. The zero-order chi connectivity index (χ0) is 19.2. The monoisotopic (exact) mass is 348 g/mol. The van der Waals surface area contributed by atoms with Crippen LogP contribution in [0.5, 0.6) is 0 Å². The molecule has 2 aliphatic rings. The van der Waals surface area contributed by atoms with Gasteiger partial charge in [0.05, 0.1) is 0 Å². The summed E-state index contributed by atoms with van der Waals surface area (Å²) >= 11 is 0. The molecule has 0 spiro atoms. The second-order valence-corrected chi connectivity index (χ2v) is 11.4. The molecule has 0 amide bonds. The molecular weight excluding hydrogens is 300 g/mol. The third-order valence-electron chi connectivity index (χ3n) is 9.45. The van der Waals surface area contributed by atoms with E-state index in [-0.39, 0.29) is 0 Å². The molecule has 0 heterocycles. The highest BCUT2D eigenvalue weighted by molar-refractivity contribution is 5.28. The van der Waals surface area contributed by atoms with E-state index in [4.69, 9.17) is 0 Å². The number of hydrogen-bond donors (Lipinski definition) is 0. The molecule has 0 N–H and O–H groups in total. The van der Waals surface area contributed by atoms with E-state index >= 15 is 0 Å². The smallest absolute Gasteiger partial charge is 0.0201 e. The minimum atomic E-state index is 0.521. The van der Waals surface area contributed by atoms with Crippen LogP contribution in [0, 0.1) is 58.2 Å². The summed E-state index contributed by atoms with van der Waals surface area (Å²) in [4.78, 5) is 0. The van der Waals surface area contributed by atoms with Gasteiger partial charge in [0.2, 0.25) is 0 Å². The van der Waals surface area contributed by atoms with E-state index in [9.17, 15) is 0 Å². The molecule has 2 rings (SSSR count). The summed E-state index contributed by atoms with van der Waals surface area (Å²) in [6.45, 7) is 24.8. The van der Waals surface area contributed by atoms with Crippen molar-refractivity contribution in [1.29, 1.82) is 0 Å². The molecule has 0 aromatic heterocycles. The first kappa shape index (κ1) is 21.3. The fraction of sp³-hybridized carbons (Fsp3) is 1.00. The van der Waals surface area contributed by atoms with Crippen molar-refractivity contribution in [1.82, 2.24) is 0 Å². The Balaban J connectivity index is 1.85. The van der Waals surface area contributed by atoms with Crippen LogP contribution in [0.1, 0.15) is 101 Å². The van der Waals surface area contributed by atoms with Crippen molar-refractivity contribution < 1.29 is 0 Å². The molecule has 0 radical (unpaired) electrons. The van der Waals surface area contributed by atoms with Gasteiger partial charge in [-0.1, -0.05) is 82.1 Å². The Morgan fingerprint density at radius 1 is 0.920 bits per heavy atom. The predicted molar refractivity (Wildman–Crippen MR) is 113 cm³/mol. The largest absolute Gasteiger partial charge is 0.0649 e. The zero-order valence-electron chi connectivity index (χ0n) is 19.2. The number of hydrogen-bond acceptors (Lipinski definition) is 0. The summed E-state index contributed by atoms with van der Waals surface area (Å²) in [5.74, 6) is 7.43. The van der Waals surface area contributed by atoms with Gasteiger partial charge in [0.25, 0.3) is 0 Å². The molecule has 2 fully saturated rings. The molecule has 2 aliphatic carbocycles. The zero-order valence-corrected chi connectivity index (χ0v) is 19.2. The molecule has 0 aromatic rings. The lowest BCUT2D eigenvalue weighted by Crippen LogP contribution is -2.29. The van der Waals surface area contributed by atoms with Crippen LogP contribution in [0.25, 0.3) is 0 Å². The SMILES string of the molecule is CCC(C)(CC(C)C(C)C)C(C)CCC(C)C(C)C12CC1C2C(C)C. The Bertz CT molecular complexity index is 435. The Hall–Kier alpha value is 0. The average molecular weight is 349 g/mol. The lowest BCUT2D eigenvalue weighted by atomic mass is 9.66. The summed E-state index contributed by atoms with van der Waals surface area (Å²) in [6, 6.07) is 0. The average Bonchev–Trinajstić information content (AvgIpc) is 3.40. The molecule has 148 valence electrons. The molecule has 0 saturated heterocycles. The fourth-order valence-electron chi connectivity index (χ4n) is 6.22. The van der Waals surface area contributed by atoms with Gasteiger partial charge in [0.15, 0.2) is 0 Å². The van der Waals surface area contributed by atoms with Gasteiger partial charge in [-0.25, -0.2) is 0 Å². The number of rotatable bonds is 11. The van der Waals surface area contributed by atoms with E-state index in [1.165, 1.54) is 25.7 Å². The van der Waals surface area contributed by atoms with Crippen LogP contribution in [0.4, 0.5) is 0 Å². The van der Waals surface area contributed by atoms with Crippen LogP contribution in [0.15, 0.2) is 0 Å². The van der Waals surface area contributed by atoms with Crippen molar-refractivity contribution in [2.75, 3.05) is 0 Å². The van der Waals surface area contributed by atoms with Crippen LogP contribution in [0.2, 0.25) is 0 Å². The highest BCUT2D eigenvalue weighted by Crippen LogP contribution is 2.85. The van der Waals surface area contributed by atoms with Gasteiger partial charge in [-0.05, 0) is 77.4 Å². The highest BCUT2D eigenvalue weighted by atomic mass is 14.8. The van der Waals surface area contributed by atoms with Crippen molar-refractivity contribution in [3.05, 3.63) is 0 Å². The summed E-state index contributed by atoms with van der Waals surface area (Å²) in [5, 5.41) is 0. The van der Waals surface area contributed by atoms with Gasteiger partial charge in [-0.15, -0.1) is 0 Å². The molecule has 0 heteroatoms. The van der Waals surface area contributed by atoms with Crippen molar-refractivity contribution >= 4 is 0 Å². The van der Waals surface area contributed by atoms with Crippen LogP contribution in [0.3, 0.4) is 0 Å². The molecule has 0 bridgehead atoms. The summed E-state index contributed by atoms with van der Waals surface area (Å²) in [6.07, 6.45) is 7.14. The third-order valence-corrected chi connectivity index (χ3v) is 9.45. The maximum Gasteiger partial charge on any atom is -0.0201 e. The van der Waals surface area contributed by atoms with E-state index < -0.39 is 0 Å². The molecule has 8 unspecified atom stereocenters. The molecular formula is C25H48. The van der Waals surface area contributed by atoms with Crippen molar-refractivity contribution in [3.63, 3.8) is 0 Å². The second kappa shape index (κ2) is 7.55. The quantitative estimate of drug-likeness (QED) is 0.354. The van der Waals surface area contributed by atoms with Gasteiger partial charge in [0.1, 0.15) is 0 Å². The van der Waals surface area contributed by atoms with Gasteiger partial charge in [0, 0.05) is 0 Å². The maximum absolute atomic E-state index is 2.58. The lowest BCUT2D eigenvalue weighted by molar-refractivity contribution is 0.113. The molecule has 2 saturated carbocycles. The van der Waals surface area contributed by atoms with Gasteiger partial charge >= 0.3 is 0 Å². The number of fused-ring (bicyclic) bond motifs is 1. The molecule has 25 heavy (non-hydrogen) atoms. The van der Waals surface area contributed by atoms with Crippen LogP contribution in [-0.4, -0.2) is 0 Å². The van der Waals surface area contributed by atoms with Gasteiger partial charge in [-0.3, -0.25) is 0 Å². The standard InChI is InChI=1S/C25H48/c1-11-24(10,14-19(7)16(2)3)20(8)13-12-18(6)21(9)25-15-22(25)23(25)17(4)5/h16-23H,11-15H2,1-10H3. The topological polar surface area (TPSA) is 0 Å². The Kier molecular flexibility index (Phi) is 6.44. The minimum Gasteiger partial charge on any atom is -0.0649 e. The van der Waals surface area contributed by atoms with E-state index in [1.54, 1.807) is 6.42 Å². The normalized spacial score (nSPS) is 35.0. The maximum atomic E-state index is 2.58. The van der Waals surface area contributed by atoms with Crippen LogP contribution < -0.4 is 0 Å². The minimum absolute atomic E-state index is 0.521. The Morgan fingerprint density at radius 2 is 1.52 bits per heavy atom. The van der Waals surface area contributed by atoms with E-state index in [1.807, 2.05) is 0 Å². The first-order chi connectivity index (χ1) is 11.5.